The predicted molar refractivity (Wildman–Crippen MR) is 157 cm³/mol. The second-order valence-corrected chi connectivity index (χ2v) is 12.3. The monoisotopic (exact) mass is 549 g/mol. The Hall–Kier alpha value is -3.65. The van der Waals surface area contributed by atoms with E-state index in [-0.39, 0.29) is 18.4 Å². The van der Waals surface area contributed by atoms with Gasteiger partial charge in [0.1, 0.15) is 12.6 Å². The Morgan fingerprint density at radius 2 is 1.46 bits per heavy atom. The lowest BCUT2D eigenvalue weighted by Crippen LogP contribution is -2.53. The maximum absolute atomic E-state index is 14.1. The molecule has 0 heterocycles. The maximum atomic E-state index is 14.1. The summed E-state index contributed by atoms with van der Waals surface area (Å²) < 4.78 is 27.1. The Bertz CT molecular complexity index is 1360. The molecule has 0 spiro atoms. The SMILES string of the molecule is Cc1ccc(C)c(N(CC(=O)N(Cc2ccccc2)[C@@H](Cc2ccccc2)C(=O)NCC(C)C)S(C)(=O)=O)c1. The molecule has 0 aliphatic carbocycles. The summed E-state index contributed by atoms with van der Waals surface area (Å²) in [6, 6.07) is 23.6. The first-order chi connectivity index (χ1) is 18.5. The minimum atomic E-state index is -3.80. The van der Waals surface area contributed by atoms with Crippen LogP contribution in [0.5, 0.6) is 0 Å². The lowest BCUT2D eigenvalue weighted by Gasteiger charge is -2.34. The van der Waals surface area contributed by atoms with Crippen LogP contribution in [-0.4, -0.2) is 50.5 Å². The van der Waals surface area contributed by atoms with Crippen LogP contribution in [0.1, 0.15) is 36.1 Å². The normalized spacial score (nSPS) is 12.2. The number of benzene rings is 3. The first-order valence-corrected chi connectivity index (χ1v) is 15.0. The first-order valence-electron chi connectivity index (χ1n) is 13.2. The molecule has 0 saturated heterocycles. The highest BCUT2D eigenvalue weighted by molar-refractivity contribution is 7.92. The fourth-order valence-corrected chi connectivity index (χ4v) is 5.24. The average Bonchev–Trinajstić information content (AvgIpc) is 2.89. The molecule has 8 heteroatoms. The zero-order chi connectivity index (χ0) is 28.6. The van der Waals surface area contributed by atoms with Crippen molar-refractivity contribution in [2.45, 2.75) is 46.7 Å². The second kappa shape index (κ2) is 13.4. The van der Waals surface area contributed by atoms with E-state index in [4.69, 9.17) is 0 Å². The highest BCUT2D eigenvalue weighted by Gasteiger charge is 2.33. The summed E-state index contributed by atoms with van der Waals surface area (Å²) in [6.07, 6.45) is 1.39. The highest BCUT2D eigenvalue weighted by Crippen LogP contribution is 2.25. The van der Waals surface area contributed by atoms with Gasteiger partial charge in [0.15, 0.2) is 0 Å². The summed E-state index contributed by atoms with van der Waals surface area (Å²) in [7, 11) is -3.80. The molecule has 39 heavy (non-hydrogen) atoms. The van der Waals surface area contributed by atoms with Crippen molar-refractivity contribution in [1.29, 1.82) is 0 Å². The fourth-order valence-electron chi connectivity index (χ4n) is 4.34. The van der Waals surface area contributed by atoms with Gasteiger partial charge in [-0.25, -0.2) is 8.42 Å². The topological polar surface area (TPSA) is 86.8 Å². The molecule has 7 nitrogen and oxygen atoms in total. The van der Waals surface area contributed by atoms with Crippen LogP contribution in [0.25, 0.3) is 0 Å². The van der Waals surface area contributed by atoms with E-state index in [1.165, 1.54) is 4.90 Å². The van der Waals surface area contributed by atoms with E-state index < -0.39 is 28.5 Å². The van der Waals surface area contributed by atoms with E-state index in [1.807, 2.05) is 100 Å². The van der Waals surface area contributed by atoms with Crippen molar-refractivity contribution in [3.8, 4) is 0 Å². The van der Waals surface area contributed by atoms with Crippen molar-refractivity contribution >= 4 is 27.5 Å². The van der Waals surface area contributed by atoms with Crippen molar-refractivity contribution in [3.05, 3.63) is 101 Å². The minimum absolute atomic E-state index is 0.163. The Labute approximate surface area is 232 Å². The van der Waals surface area contributed by atoms with E-state index in [9.17, 15) is 18.0 Å². The van der Waals surface area contributed by atoms with Crippen LogP contribution < -0.4 is 9.62 Å². The standard InChI is InChI=1S/C31H39N3O4S/c1-23(2)20-32-31(36)29(19-26-12-8-6-9-13-26)33(21-27-14-10-7-11-15-27)30(35)22-34(39(5,37)38)28-18-24(3)16-17-25(28)4/h6-18,23,29H,19-22H2,1-5H3,(H,32,36)/t29-/m0/s1. The smallest absolute Gasteiger partial charge is 0.244 e. The van der Waals surface area contributed by atoms with Crippen LogP contribution in [0, 0.1) is 19.8 Å². The Kier molecular flexibility index (Phi) is 10.3. The lowest BCUT2D eigenvalue weighted by molar-refractivity contribution is -0.140. The summed E-state index contributed by atoms with van der Waals surface area (Å²) in [4.78, 5) is 29.2. The van der Waals surface area contributed by atoms with E-state index in [0.29, 0.717) is 18.7 Å². The van der Waals surface area contributed by atoms with Crippen molar-refractivity contribution in [2.75, 3.05) is 23.7 Å². The van der Waals surface area contributed by atoms with Gasteiger partial charge in [-0.05, 0) is 48.1 Å². The summed E-state index contributed by atoms with van der Waals surface area (Å²) in [6.45, 7) is 7.92. The molecule has 0 saturated carbocycles. The highest BCUT2D eigenvalue weighted by atomic mass is 32.2. The van der Waals surface area contributed by atoms with Crippen molar-refractivity contribution in [1.82, 2.24) is 10.2 Å². The zero-order valence-electron chi connectivity index (χ0n) is 23.4. The van der Waals surface area contributed by atoms with E-state index in [0.717, 1.165) is 32.8 Å². The molecular formula is C31H39N3O4S. The van der Waals surface area contributed by atoms with Gasteiger partial charge < -0.3 is 10.2 Å². The van der Waals surface area contributed by atoms with Gasteiger partial charge in [0, 0.05) is 19.5 Å². The molecule has 0 aliphatic rings. The molecule has 1 atom stereocenters. The number of sulfonamides is 1. The number of hydrogen-bond acceptors (Lipinski definition) is 4. The summed E-state index contributed by atoms with van der Waals surface area (Å²) in [5.74, 6) is -0.491. The third-order valence-electron chi connectivity index (χ3n) is 6.46. The molecule has 3 aromatic rings. The van der Waals surface area contributed by atoms with E-state index in [1.54, 1.807) is 6.07 Å². The van der Waals surface area contributed by atoms with Crippen LogP contribution in [-0.2, 0) is 32.6 Å². The summed E-state index contributed by atoms with van der Waals surface area (Å²) in [5, 5.41) is 2.99. The molecule has 0 aromatic heterocycles. The Balaban J connectivity index is 2.05. The van der Waals surface area contributed by atoms with Crippen LogP contribution in [0.15, 0.2) is 78.9 Å². The van der Waals surface area contributed by atoms with Crippen LogP contribution in [0.3, 0.4) is 0 Å². The van der Waals surface area contributed by atoms with Gasteiger partial charge in [-0.3, -0.25) is 13.9 Å². The third-order valence-corrected chi connectivity index (χ3v) is 7.59. The van der Waals surface area contributed by atoms with Gasteiger partial charge in [0.2, 0.25) is 21.8 Å². The number of rotatable bonds is 12. The first kappa shape index (κ1) is 29.9. The second-order valence-electron chi connectivity index (χ2n) is 10.4. The molecule has 3 rings (SSSR count). The number of hydrogen-bond donors (Lipinski definition) is 1. The Morgan fingerprint density at radius 3 is 2.03 bits per heavy atom. The largest absolute Gasteiger partial charge is 0.354 e. The fraction of sp³-hybridized carbons (Fsp3) is 0.355. The minimum Gasteiger partial charge on any atom is -0.354 e. The van der Waals surface area contributed by atoms with Gasteiger partial charge in [-0.15, -0.1) is 0 Å². The number of aryl methyl sites for hydroxylation is 2. The van der Waals surface area contributed by atoms with Crippen LogP contribution in [0.2, 0.25) is 0 Å². The van der Waals surface area contributed by atoms with Crippen LogP contribution in [0.4, 0.5) is 5.69 Å². The van der Waals surface area contributed by atoms with Gasteiger partial charge in [-0.2, -0.15) is 0 Å². The van der Waals surface area contributed by atoms with Gasteiger partial charge in [0.05, 0.1) is 11.9 Å². The Morgan fingerprint density at radius 1 is 0.872 bits per heavy atom. The maximum Gasteiger partial charge on any atom is 0.244 e. The molecule has 0 bridgehead atoms. The van der Waals surface area contributed by atoms with Gasteiger partial charge >= 0.3 is 0 Å². The number of nitrogens with zero attached hydrogens (tertiary/aromatic N) is 2. The molecule has 208 valence electrons. The number of carbonyl (C=O) groups excluding carboxylic acids is 2. The predicted octanol–water partition coefficient (Wildman–Crippen LogP) is 4.48. The van der Waals surface area contributed by atoms with Gasteiger partial charge in [-0.1, -0.05) is 86.6 Å². The molecule has 3 aromatic carbocycles. The van der Waals surface area contributed by atoms with Crippen molar-refractivity contribution < 1.29 is 18.0 Å². The average molecular weight is 550 g/mol. The number of carbonyl (C=O) groups is 2. The van der Waals surface area contributed by atoms with E-state index in [2.05, 4.69) is 5.32 Å². The van der Waals surface area contributed by atoms with Crippen LogP contribution >= 0.6 is 0 Å². The van der Waals surface area contributed by atoms with Crippen molar-refractivity contribution in [3.63, 3.8) is 0 Å². The third kappa shape index (κ3) is 8.68. The summed E-state index contributed by atoms with van der Waals surface area (Å²) in [5.41, 5.74) is 3.83. The number of anilines is 1. The molecule has 0 radical (unpaired) electrons. The number of amides is 2. The summed E-state index contributed by atoms with van der Waals surface area (Å²) >= 11 is 0. The molecular weight excluding hydrogens is 510 g/mol. The molecule has 2 amide bonds. The van der Waals surface area contributed by atoms with E-state index >= 15 is 0 Å². The molecule has 1 N–H and O–H groups in total. The quantitative estimate of drug-likeness (QED) is 0.361. The lowest BCUT2D eigenvalue weighted by atomic mass is 10.0. The van der Waals surface area contributed by atoms with Crippen molar-refractivity contribution in [2.24, 2.45) is 5.92 Å². The molecule has 0 fully saturated rings. The van der Waals surface area contributed by atoms with Gasteiger partial charge in [0.25, 0.3) is 0 Å². The molecule has 0 unspecified atom stereocenters. The number of nitrogens with one attached hydrogen (secondary N) is 1. The molecule has 0 aliphatic heterocycles. The zero-order valence-corrected chi connectivity index (χ0v) is 24.2.